The van der Waals surface area contributed by atoms with E-state index in [1.807, 2.05) is 32.3 Å². The molecule has 4 nitrogen and oxygen atoms in total. The van der Waals surface area contributed by atoms with Gasteiger partial charge in [-0.25, -0.2) is 4.98 Å². The molecule has 3 rings (SSSR count). The third-order valence-electron chi connectivity index (χ3n) is 3.11. The molecule has 4 heteroatoms. The van der Waals surface area contributed by atoms with Gasteiger partial charge in [0.2, 0.25) is 0 Å². The van der Waals surface area contributed by atoms with Gasteiger partial charge in [-0.1, -0.05) is 0 Å². The van der Waals surface area contributed by atoms with Crippen molar-refractivity contribution >= 4 is 16.7 Å². The van der Waals surface area contributed by atoms with E-state index in [2.05, 4.69) is 32.0 Å². The minimum atomic E-state index is 0.924. The van der Waals surface area contributed by atoms with Gasteiger partial charge in [0.15, 0.2) is 0 Å². The number of aryl methyl sites for hydroxylation is 1. The highest BCUT2D eigenvalue weighted by molar-refractivity contribution is 5.79. The predicted molar refractivity (Wildman–Crippen MR) is 73.5 cm³/mol. The van der Waals surface area contributed by atoms with Crippen LogP contribution in [-0.4, -0.2) is 21.6 Å². The Labute approximate surface area is 105 Å². The van der Waals surface area contributed by atoms with Gasteiger partial charge in [0.05, 0.1) is 11.7 Å². The number of anilines is 1. The molecule has 90 valence electrons. The van der Waals surface area contributed by atoms with Gasteiger partial charge in [-0.15, -0.1) is 0 Å². The number of fused-ring (bicyclic) bond motifs is 1. The summed E-state index contributed by atoms with van der Waals surface area (Å²) in [5.74, 6) is 0.959. The van der Waals surface area contributed by atoms with Crippen molar-refractivity contribution in [1.29, 1.82) is 0 Å². The molecule has 0 atom stereocenters. The summed E-state index contributed by atoms with van der Waals surface area (Å²) in [6.07, 6.45) is 3.58. The molecule has 0 aliphatic carbocycles. The lowest BCUT2D eigenvalue weighted by molar-refractivity contribution is 0.959. The molecule has 0 aliphatic heterocycles. The van der Waals surface area contributed by atoms with E-state index in [1.165, 1.54) is 0 Å². The number of hydrogen-bond acceptors (Lipinski definition) is 3. The third kappa shape index (κ3) is 1.62. The van der Waals surface area contributed by atoms with Crippen LogP contribution in [0.4, 0.5) is 5.69 Å². The summed E-state index contributed by atoms with van der Waals surface area (Å²) < 4.78 is 2.09. The number of benzene rings is 1. The van der Waals surface area contributed by atoms with E-state index >= 15 is 0 Å². The number of nitrogens with one attached hydrogen (secondary N) is 1. The van der Waals surface area contributed by atoms with Crippen LogP contribution in [0.25, 0.3) is 22.4 Å². The van der Waals surface area contributed by atoms with Crippen LogP contribution in [-0.2, 0) is 7.05 Å². The number of hydrogen-bond donors (Lipinski definition) is 1. The quantitative estimate of drug-likeness (QED) is 0.746. The molecule has 0 spiro atoms. The van der Waals surface area contributed by atoms with Crippen molar-refractivity contribution in [2.24, 2.45) is 7.05 Å². The molecule has 0 saturated carbocycles. The van der Waals surface area contributed by atoms with Gasteiger partial charge in [-0.2, -0.15) is 0 Å². The molecular formula is C14H14N4. The molecule has 18 heavy (non-hydrogen) atoms. The Hall–Kier alpha value is -2.36. The van der Waals surface area contributed by atoms with Crippen molar-refractivity contribution in [2.75, 3.05) is 12.4 Å². The second-order valence-corrected chi connectivity index (χ2v) is 4.19. The molecule has 2 aromatic heterocycles. The largest absolute Gasteiger partial charge is 0.388 e. The SMILES string of the molecule is CNc1ccc(-c2nc3cnccc3n2C)cc1. The van der Waals surface area contributed by atoms with E-state index in [-0.39, 0.29) is 0 Å². The van der Waals surface area contributed by atoms with Gasteiger partial charge in [-0.3, -0.25) is 4.98 Å². The first-order chi connectivity index (χ1) is 8.79. The van der Waals surface area contributed by atoms with Crippen LogP contribution in [0, 0.1) is 0 Å². The molecular weight excluding hydrogens is 224 g/mol. The minimum absolute atomic E-state index is 0.924. The molecule has 2 heterocycles. The Morgan fingerprint density at radius 3 is 2.56 bits per heavy atom. The maximum Gasteiger partial charge on any atom is 0.140 e. The van der Waals surface area contributed by atoms with Gasteiger partial charge in [0, 0.05) is 31.5 Å². The summed E-state index contributed by atoms with van der Waals surface area (Å²) in [5.41, 5.74) is 4.22. The summed E-state index contributed by atoms with van der Waals surface area (Å²) in [5, 5.41) is 3.11. The van der Waals surface area contributed by atoms with Gasteiger partial charge in [0.1, 0.15) is 11.3 Å². The van der Waals surface area contributed by atoms with Crippen LogP contribution in [0.5, 0.6) is 0 Å². The zero-order valence-corrected chi connectivity index (χ0v) is 10.4. The molecule has 0 aliphatic rings. The maximum absolute atomic E-state index is 4.62. The summed E-state index contributed by atoms with van der Waals surface area (Å²) in [6, 6.07) is 10.2. The fourth-order valence-electron chi connectivity index (χ4n) is 2.10. The van der Waals surface area contributed by atoms with E-state index < -0.39 is 0 Å². The summed E-state index contributed by atoms with van der Waals surface area (Å²) in [7, 11) is 3.94. The first-order valence-corrected chi connectivity index (χ1v) is 5.84. The Kier molecular flexibility index (Phi) is 2.48. The van der Waals surface area contributed by atoms with Gasteiger partial charge < -0.3 is 9.88 Å². The lowest BCUT2D eigenvalue weighted by Gasteiger charge is -2.04. The predicted octanol–water partition coefficient (Wildman–Crippen LogP) is 2.68. The zero-order chi connectivity index (χ0) is 12.5. The number of nitrogens with zero attached hydrogens (tertiary/aromatic N) is 3. The zero-order valence-electron chi connectivity index (χ0n) is 10.4. The third-order valence-corrected chi connectivity index (χ3v) is 3.11. The molecule has 0 unspecified atom stereocenters. The molecule has 0 radical (unpaired) electrons. The Balaban J connectivity index is 2.15. The van der Waals surface area contributed by atoms with Crippen molar-refractivity contribution in [1.82, 2.24) is 14.5 Å². The van der Waals surface area contributed by atoms with E-state index in [0.717, 1.165) is 28.1 Å². The molecule has 1 aromatic carbocycles. The fraction of sp³-hybridized carbons (Fsp3) is 0.143. The van der Waals surface area contributed by atoms with Crippen molar-refractivity contribution in [3.8, 4) is 11.4 Å². The minimum Gasteiger partial charge on any atom is -0.388 e. The van der Waals surface area contributed by atoms with Gasteiger partial charge in [-0.05, 0) is 30.3 Å². The Morgan fingerprint density at radius 1 is 1.11 bits per heavy atom. The highest BCUT2D eigenvalue weighted by Gasteiger charge is 2.09. The van der Waals surface area contributed by atoms with Gasteiger partial charge in [0.25, 0.3) is 0 Å². The van der Waals surface area contributed by atoms with Crippen molar-refractivity contribution in [3.05, 3.63) is 42.7 Å². The monoisotopic (exact) mass is 238 g/mol. The topological polar surface area (TPSA) is 42.7 Å². The fourth-order valence-corrected chi connectivity index (χ4v) is 2.10. The van der Waals surface area contributed by atoms with Gasteiger partial charge >= 0.3 is 0 Å². The number of pyridine rings is 1. The molecule has 3 aromatic rings. The van der Waals surface area contributed by atoms with Crippen LogP contribution in [0.3, 0.4) is 0 Å². The first kappa shape index (κ1) is 10.8. The average molecular weight is 238 g/mol. The van der Waals surface area contributed by atoms with Crippen LogP contribution >= 0.6 is 0 Å². The maximum atomic E-state index is 4.62. The molecule has 0 fully saturated rings. The molecule has 0 bridgehead atoms. The highest BCUT2D eigenvalue weighted by atomic mass is 15.1. The van der Waals surface area contributed by atoms with Crippen LogP contribution < -0.4 is 5.32 Å². The summed E-state index contributed by atoms with van der Waals surface area (Å²) in [6.45, 7) is 0. The normalized spacial score (nSPS) is 10.8. The second-order valence-electron chi connectivity index (χ2n) is 4.19. The summed E-state index contributed by atoms with van der Waals surface area (Å²) in [4.78, 5) is 8.72. The lowest BCUT2D eigenvalue weighted by atomic mass is 10.2. The second kappa shape index (κ2) is 4.14. The Morgan fingerprint density at radius 2 is 1.89 bits per heavy atom. The summed E-state index contributed by atoms with van der Waals surface area (Å²) >= 11 is 0. The molecule has 0 amide bonds. The molecule has 1 N–H and O–H groups in total. The van der Waals surface area contributed by atoms with E-state index in [1.54, 1.807) is 12.4 Å². The van der Waals surface area contributed by atoms with Crippen LogP contribution in [0.15, 0.2) is 42.7 Å². The van der Waals surface area contributed by atoms with Crippen molar-refractivity contribution in [2.45, 2.75) is 0 Å². The standard InChI is InChI=1S/C14H14N4/c1-15-11-5-3-10(4-6-11)14-17-12-9-16-8-7-13(12)18(14)2/h3-9,15H,1-2H3. The number of imidazole rings is 1. The Bertz CT molecular complexity index is 683. The smallest absolute Gasteiger partial charge is 0.140 e. The average Bonchev–Trinajstić information content (AvgIpc) is 2.77. The van der Waals surface area contributed by atoms with E-state index in [9.17, 15) is 0 Å². The van der Waals surface area contributed by atoms with Crippen molar-refractivity contribution < 1.29 is 0 Å². The number of rotatable bonds is 2. The highest BCUT2D eigenvalue weighted by Crippen LogP contribution is 2.24. The first-order valence-electron chi connectivity index (χ1n) is 5.84. The van der Waals surface area contributed by atoms with E-state index in [0.29, 0.717) is 0 Å². The molecule has 0 saturated heterocycles. The lowest BCUT2D eigenvalue weighted by Crippen LogP contribution is -1.93. The van der Waals surface area contributed by atoms with Crippen molar-refractivity contribution in [3.63, 3.8) is 0 Å². The number of aromatic nitrogens is 3. The van der Waals surface area contributed by atoms with Crippen LogP contribution in [0.2, 0.25) is 0 Å². The van der Waals surface area contributed by atoms with Crippen LogP contribution in [0.1, 0.15) is 0 Å². The van der Waals surface area contributed by atoms with E-state index in [4.69, 9.17) is 0 Å².